The number of anilines is 1. The average molecular weight is 276 g/mol. The fourth-order valence-electron chi connectivity index (χ4n) is 2.31. The molecule has 1 aliphatic rings. The second kappa shape index (κ2) is 6.64. The number of hydrogen-bond donors (Lipinski definition) is 2. The van der Waals surface area contributed by atoms with Crippen LogP contribution in [0.25, 0.3) is 0 Å². The van der Waals surface area contributed by atoms with Crippen LogP contribution in [-0.4, -0.2) is 25.1 Å². The van der Waals surface area contributed by atoms with Crippen molar-refractivity contribution in [3.05, 3.63) is 23.8 Å². The van der Waals surface area contributed by atoms with Crippen LogP contribution in [-0.2, 0) is 0 Å². The maximum Gasteiger partial charge on any atom is 0.255 e. The van der Waals surface area contributed by atoms with Crippen LogP contribution in [0.2, 0.25) is 0 Å². The van der Waals surface area contributed by atoms with Gasteiger partial charge in [-0.25, -0.2) is 0 Å². The molecular weight excluding hydrogens is 252 g/mol. The summed E-state index contributed by atoms with van der Waals surface area (Å²) in [6, 6.07) is 5.81. The Labute approximate surface area is 120 Å². The largest absolute Gasteiger partial charge is 0.489 e. The lowest BCUT2D eigenvalue weighted by Gasteiger charge is -2.22. The molecule has 2 N–H and O–H groups in total. The normalized spacial score (nSPS) is 15.0. The lowest BCUT2D eigenvalue weighted by atomic mass is 10.0. The zero-order valence-corrected chi connectivity index (χ0v) is 12.5. The molecule has 1 atom stereocenters. The average Bonchev–Trinajstić information content (AvgIpc) is 2.44. The molecule has 0 spiro atoms. The van der Waals surface area contributed by atoms with Gasteiger partial charge in [0.1, 0.15) is 6.61 Å². The highest BCUT2D eigenvalue weighted by Crippen LogP contribution is 2.31. The molecule has 0 saturated heterocycles. The Bertz CT molecular complexity index is 472. The molecule has 1 unspecified atom stereocenters. The summed E-state index contributed by atoms with van der Waals surface area (Å²) >= 11 is 0. The zero-order chi connectivity index (χ0) is 14.5. The molecule has 0 aromatic heterocycles. The number of ether oxygens (including phenoxy) is 1. The number of hydrogen-bond acceptors (Lipinski definition) is 3. The SMILES string of the molecule is CC(C)CCC(C)NC(=O)c1cccc2c1OCCN2. The van der Waals surface area contributed by atoms with Crippen LogP contribution in [0.3, 0.4) is 0 Å². The summed E-state index contributed by atoms with van der Waals surface area (Å²) in [5, 5.41) is 6.30. The standard InChI is InChI=1S/C16H24N2O2/c1-11(2)7-8-12(3)18-16(19)13-5-4-6-14-15(13)20-10-9-17-14/h4-6,11-12,17H,7-10H2,1-3H3,(H,18,19). The maximum absolute atomic E-state index is 12.4. The van der Waals surface area contributed by atoms with Gasteiger partial charge in [0.15, 0.2) is 5.75 Å². The number of benzene rings is 1. The van der Waals surface area contributed by atoms with E-state index in [1.54, 1.807) is 0 Å². The van der Waals surface area contributed by atoms with Crippen LogP contribution in [0, 0.1) is 5.92 Å². The summed E-state index contributed by atoms with van der Waals surface area (Å²) < 4.78 is 5.63. The van der Waals surface area contributed by atoms with E-state index >= 15 is 0 Å². The lowest BCUT2D eigenvalue weighted by molar-refractivity contribution is 0.0933. The van der Waals surface area contributed by atoms with E-state index in [1.807, 2.05) is 18.2 Å². The van der Waals surface area contributed by atoms with Gasteiger partial charge in [-0.3, -0.25) is 4.79 Å². The van der Waals surface area contributed by atoms with Crippen molar-refractivity contribution in [3.63, 3.8) is 0 Å². The van der Waals surface area contributed by atoms with Crippen LogP contribution in [0.4, 0.5) is 5.69 Å². The van der Waals surface area contributed by atoms with Gasteiger partial charge in [-0.15, -0.1) is 0 Å². The third kappa shape index (κ3) is 3.65. The van der Waals surface area contributed by atoms with E-state index in [0.717, 1.165) is 25.1 Å². The highest BCUT2D eigenvalue weighted by molar-refractivity contribution is 5.99. The molecule has 1 aromatic rings. The summed E-state index contributed by atoms with van der Waals surface area (Å²) in [4.78, 5) is 12.4. The minimum Gasteiger partial charge on any atom is -0.489 e. The maximum atomic E-state index is 12.4. The van der Waals surface area contributed by atoms with Gasteiger partial charge in [0.05, 0.1) is 11.3 Å². The number of rotatable bonds is 5. The van der Waals surface area contributed by atoms with Crippen LogP contribution >= 0.6 is 0 Å². The summed E-state index contributed by atoms with van der Waals surface area (Å²) in [6.07, 6.45) is 2.12. The second-order valence-corrected chi connectivity index (χ2v) is 5.80. The van der Waals surface area contributed by atoms with Crippen LogP contribution in [0.1, 0.15) is 44.0 Å². The van der Waals surface area contributed by atoms with Crippen molar-refractivity contribution >= 4 is 11.6 Å². The first-order chi connectivity index (χ1) is 9.58. The minimum absolute atomic E-state index is 0.0539. The van der Waals surface area contributed by atoms with E-state index in [-0.39, 0.29) is 11.9 Å². The van der Waals surface area contributed by atoms with Crippen molar-refractivity contribution in [2.45, 2.75) is 39.7 Å². The molecule has 1 aliphatic heterocycles. The fourth-order valence-corrected chi connectivity index (χ4v) is 2.31. The van der Waals surface area contributed by atoms with Gasteiger partial charge >= 0.3 is 0 Å². The third-order valence-electron chi connectivity index (χ3n) is 3.48. The van der Waals surface area contributed by atoms with Gasteiger partial charge in [0.2, 0.25) is 0 Å². The van der Waals surface area contributed by atoms with E-state index < -0.39 is 0 Å². The Balaban J connectivity index is 2.02. The van der Waals surface area contributed by atoms with Gasteiger partial charge in [0, 0.05) is 12.6 Å². The Kier molecular flexibility index (Phi) is 4.88. The van der Waals surface area contributed by atoms with E-state index in [1.165, 1.54) is 0 Å². The monoisotopic (exact) mass is 276 g/mol. The van der Waals surface area contributed by atoms with Crippen molar-refractivity contribution in [2.24, 2.45) is 5.92 Å². The molecule has 0 saturated carbocycles. The van der Waals surface area contributed by atoms with Crippen molar-refractivity contribution in [3.8, 4) is 5.75 Å². The van der Waals surface area contributed by atoms with Crippen molar-refractivity contribution < 1.29 is 9.53 Å². The first-order valence-corrected chi connectivity index (χ1v) is 7.38. The Morgan fingerprint density at radius 1 is 1.35 bits per heavy atom. The topological polar surface area (TPSA) is 50.4 Å². The van der Waals surface area contributed by atoms with Gasteiger partial charge in [-0.1, -0.05) is 19.9 Å². The number of para-hydroxylation sites is 1. The van der Waals surface area contributed by atoms with E-state index in [9.17, 15) is 4.79 Å². The molecule has 110 valence electrons. The summed E-state index contributed by atoms with van der Waals surface area (Å²) in [7, 11) is 0. The molecule has 0 radical (unpaired) electrons. The zero-order valence-electron chi connectivity index (χ0n) is 12.5. The number of carbonyl (C=O) groups is 1. The molecule has 0 bridgehead atoms. The molecule has 2 rings (SSSR count). The molecule has 20 heavy (non-hydrogen) atoms. The molecule has 1 amide bonds. The Morgan fingerprint density at radius 3 is 2.90 bits per heavy atom. The van der Waals surface area contributed by atoms with Crippen LogP contribution < -0.4 is 15.4 Å². The van der Waals surface area contributed by atoms with E-state index in [0.29, 0.717) is 23.8 Å². The number of fused-ring (bicyclic) bond motifs is 1. The first kappa shape index (κ1) is 14.7. The number of nitrogens with one attached hydrogen (secondary N) is 2. The first-order valence-electron chi connectivity index (χ1n) is 7.38. The van der Waals surface area contributed by atoms with Crippen molar-refractivity contribution in [2.75, 3.05) is 18.5 Å². The van der Waals surface area contributed by atoms with Crippen LogP contribution in [0.15, 0.2) is 18.2 Å². The fraction of sp³-hybridized carbons (Fsp3) is 0.562. The summed E-state index contributed by atoms with van der Waals surface area (Å²) in [5.41, 5.74) is 1.52. The Hall–Kier alpha value is -1.71. The van der Waals surface area contributed by atoms with Gasteiger partial charge in [-0.05, 0) is 37.8 Å². The predicted molar refractivity (Wildman–Crippen MR) is 81.4 cm³/mol. The molecule has 4 heteroatoms. The molecule has 4 nitrogen and oxygen atoms in total. The summed E-state index contributed by atoms with van der Waals surface area (Å²) in [6.45, 7) is 7.82. The summed E-state index contributed by atoms with van der Waals surface area (Å²) in [5.74, 6) is 1.28. The lowest BCUT2D eigenvalue weighted by Crippen LogP contribution is -2.33. The van der Waals surface area contributed by atoms with E-state index in [4.69, 9.17) is 4.74 Å². The quantitative estimate of drug-likeness (QED) is 0.869. The van der Waals surface area contributed by atoms with E-state index in [2.05, 4.69) is 31.4 Å². The van der Waals surface area contributed by atoms with Crippen molar-refractivity contribution in [1.29, 1.82) is 0 Å². The van der Waals surface area contributed by atoms with Gasteiger partial charge in [0.25, 0.3) is 5.91 Å². The molecule has 1 aromatic carbocycles. The molecule has 0 aliphatic carbocycles. The molecule has 0 fully saturated rings. The van der Waals surface area contributed by atoms with Gasteiger partial charge in [-0.2, -0.15) is 0 Å². The van der Waals surface area contributed by atoms with Crippen LogP contribution in [0.5, 0.6) is 5.75 Å². The smallest absolute Gasteiger partial charge is 0.255 e. The molecular formula is C16H24N2O2. The highest BCUT2D eigenvalue weighted by Gasteiger charge is 2.19. The second-order valence-electron chi connectivity index (χ2n) is 5.80. The molecule has 1 heterocycles. The highest BCUT2D eigenvalue weighted by atomic mass is 16.5. The predicted octanol–water partition coefficient (Wildman–Crippen LogP) is 3.05. The minimum atomic E-state index is -0.0539. The third-order valence-corrected chi connectivity index (χ3v) is 3.48. The number of carbonyl (C=O) groups excluding carboxylic acids is 1. The van der Waals surface area contributed by atoms with Gasteiger partial charge < -0.3 is 15.4 Å². The number of amides is 1. The Morgan fingerprint density at radius 2 is 2.15 bits per heavy atom. The van der Waals surface area contributed by atoms with Crippen molar-refractivity contribution in [1.82, 2.24) is 5.32 Å².